The van der Waals surface area contributed by atoms with Crippen LogP contribution < -0.4 is 15.4 Å². The van der Waals surface area contributed by atoms with Gasteiger partial charge in [0.15, 0.2) is 6.61 Å². The molecule has 0 aliphatic carbocycles. The fraction of sp³-hybridized carbons (Fsp3) is 0.438. The smallest absolute Gasteiger partial charge is 0.244 e. The quantitative estimate of drug-likeness (QED) is 0.765. The van der Waals surface area contributed by atoms with E-state index in [9.17, 15) is 9.59 Å². The minimum atomic E-state index is -0.501. The van der Waals surface area contributed by atoms with Gasteiger partial charge in [0.05, 0.1) is 0 Å². The van der Waals surface area contributed by atoms with Crippen LogP contribution in [-0.2, 0) is 22.7 Å². The van der Waals surface area contributed by atoms with E-state index in [4.69, 9.17) is 4.74 Å². The van der Waals surface area contributed by atoms with Gasteiger partial charge in [0.25, 0.3) is 0 Å². The molecule has 1 atom stereocenters. The Morgan fingerprint density at radius 2 is 2.16 bits per heavy atom. The van der Waals surface area contributed by atoms with E-state index in [1.807, 2.05) is 30.3 Å². The van der Waals surface area contributed by atoms with Crippen molar-refractivity contribution in [1.82, 2.24) is 30.8 Å². The Morgan fingerprint density at radius 1 is 1.32 bits per heavy atom. The van der Waals surface area contributed by atoms with Gasteiger partial charge < -0.3 is 15.4 Å². The summed E-state index contributed by atoms with van der Waals surface area (Å²) in [6.07, 6.45) is 2.46. The molecule has 1 fully saturated rings. The summed E-state index contributed by atoms with van der Waals surface area (Å²) in [6.45, 7) is 0.722. The average Bonchev–Trinajstić information content (AvgIpc) is 2.96. The van der Waals surface area contributed by atoms with E-state index in [-0.39, 0.29) is 25.0 Å². The van der Waals surface area contributed by atoms with Crippen LogP contribution in [-0.4, -0.2) is 44.6 Å². The van der Waals surface area contributed by atoms with Gasteiger partial charge in [-0.05, 0) is 36.6 Å². The zero-order valence-electron chi connectivity index (χ0n) is 13.7. The van der Waals surface area contributed by atoms with Crippen LogP contribution in [0.3, 0.4) is 0 Å². The van der Waals surface area contributed by atoms with Gasteiger partial charge in [-0.15, -0.1) is 10.2 Å². The Bertz CT molecular complexity index is 718. The summed E-state index contributed by atoms with van der Waals surface area (Å²) in [5.41, 5.74) is 0. The molecule has 2 aromatic rings. The fourth-order valence-corrected chi connectivity index (χ4v) is 2.51. The minimum Gasteiger partial charge on any atom is -0.485 e. The lowest BCUT2D eigenvalue weighted by molar-refractivity contribution is -0.129. The van der Waals surface area contributed by atoms with E-state index in [1.54, 1.807) is 0 Å². The summed E-state index contributed by atoms with van der Waals surface area (Å²) in [5, 5.41) is 17.3. The molecule has 2 amide bonds. The zero-order chi connectivity index (χ0) is 17.5. The fourth-order valence-electron chi connectivity index (χ4n) is 2.51. The highest BCUT2D eigenvalue weighted by atomic mass is 16.5. The first-order valence-electron chi connectivity index (χ1n) is 8.22. The Hall–Kier alpha value is -2.97. The summed E-state index contributed by atoms with van der Waals surface area (Å²) in [5.74, 6) is 0.615. The summed E-state index contributed by atoms with van der Waals surface area (Å²) < 4.78 is 5.53. The van der Waals surface area contributed by atoms with Crippen LogP contribution in [0.15, 0.2) is 30.3 Å². The first-order chi connectivity index (χ1) is 12.2. The number of nitrogens with zero attached hydrogens (tertiary/aromatic N) is 4. The molecule has 0 spiro atoms. The Morgan fingerprint density at radius 3 is 3.00 bits per heavy atom. The van der Waals surface area contributed by atoms with Gasteiger partial charge in [-0.1, -0.05) is 18.2 Å². The maximum Gasteiger partial charge on any atom is 0.244 e. The normalized spacial score (nSPS) is 17.4. The van der Waals surface area contributed by atoms with Gasteiger partial charge in [-0.2, -0.15) is 4.80 Å². The van der Waals surface area contributed by atoms with Crippen LogP contribution >= 0.6 is 0 Å². The van der Waals surface area contributed by atoms with Crippen LogP contribution in [0.25, 0.3) is 0 Å². The van der Waals surface area contributed by atoms with Gasteiger partial charge in [0, 0.05) is 6.54 Å². The Balaban J connectivity index is 1.48. The van der Waals surface area contributed by atoms with Crippen LogP contribution in [0.1, 0.15) is 25.1 Å². The van der Waals surface area contributed by atoms with E-state index >= 15 is 0 Å². The third-order valence-corrected chi connectivity index (χ3v) is 3.76. The van der Waals surface area contributed by atoms with Crippen molar-refractivity contribution in [2.24, 2.45) is 0 Å². The maximum atomic E-state index is 12.1. The topological polar surface area (TPSA) is 111 Å². The number of tetrazole rings is 1. The van der Waals surface area contributed by atoms with E-state index < -0.39 is 6.04 Å². The summed E-state index contributed by atoms with van der Waals surface area (Å²) in [6, 6.07) is 8.79. The van der Waals surface area contributed by atoms with Crippen molar-refractivity contribution in [2.45, 2.75) is 38.5 Å². The molecule has 1 aliphatic rings. The molecule has 9 heteroatoms. The molecule has 2 heterocycles. The second-order valence-electron chi connectivity index (χ2n) is 5.74. The maximum absolute atomic E-state index is 12.1. The number of amides is 2. The van der Waals surface area contributed by atoms with Crippen LogP contribution in [0.2, 0.25) is 0 Å². The van der Waals surface area contributed by atoms with Crippen LogP contribution in [0.4, 0.5) is 0 Å². The SMILES string of the molecule is O=C(Cn1nnc(COc2ccccc2)n1)N[C@@H]1CCCCNC1=O. The molecule has 1 aliphatic heterocycles. The monoisotopic (exact) mass is 344 g/mol. The first-order valence-corrected chi connectivity index (χ1v) is 8.22. The highest BCUT2D eigenvalue weighted by Gasteiger charge is 2.22. The van der Waals surface area contributed by atoms with E-state index in [0.29, 0.717) is 24.5 Å². The number of aromatic nitrogens is 4. The number of hydrogen-bond donors (Lipinski definition) is 2. The van der Waals surface area contributed by atoms with Crippen molar-refractivity contribution in [2.75, 3.05) is 6.54 Å². The second-order valence-corrected chi connectivity index (χ2v) is 5.74. The van der Waals surface area contributed by atoms with Crippen molar-refractivity contribution < 1.29 is 14.3 Å². The molecule has 0 unspecified atom stereocenters. The van der Waals surface area contributed by atoms with Gasteiger partial charge in [0.1, 0.15) is 18.3 Å². The zero-order valence-corrected chi connectivity index (χ0v) is 13.7. The molecule has 3 rings (SSSR count). The number of hydrogen-bond acceptors (Lipinski definition) is 6. The number of para-hydroxylation sites is 1. The number of ether oxygens (including phenoxy) is 1. The van der Waals surface area contributed by atoms with Crippen LogP contribution in [0, 0.1) is 0 Å². The van der Waals surface area contributed by atoms with E-state index in [2.05, 4.69) is 26.0 Å². The largest absolute Gasteiger partial charge is 0.485 e. The average molecular weight is 344 g/mol. The van der Waals surface area contributed by atoms with Crippen molar-refractivity contribution in [1.29, 1.82) is 0 Å². The van der Waals surface area contributed by atoms with Gasteiger partial charge in [-0.3, -0.25) is 9.59 Å². The van der Waals surface area contributed by atoms with Gasteiger partial charge >= 0.3 is 0 Å². The summed E-state index contributed by atoms with van der Waals surface area (Å²) in [4.78, 5) is 25.1. The number of nitrogens with one attached hydrogen (secondary N) is 2. The van der Waals surface area contributed by atoms with Crippen LogP contribution in [0.5, 0.6) is 5.75 Å². The molecule has 2 N–H and O–H groups in total. The highest BCUT2D eigenvalue weighted by molar-refractivity contribution is 5.87. The third-order valence-electron chi connectivity index (χ3n) is 3.76. The second kappa shape index (κ2) is 8.22. The molecule has 25 heavy (non-hydrogen) atoms. The predicted molar refractivity (Wildman–Crippen MR) is 87.4 cm³/mol. The molecular formula is C16H20N6O3. The summed E-state index contributed by atoms with van der Waals surface area (Å²) in [7, 11) is 0. The lowest BCUT2D eigenvalue weighted by atomic mass is 10.1. The van der Waals surface area contributed by atoms with Gasteiger partial charge in [0.2, 0.25) is 17.6 Å². The molecule has 9 nitrogen and oxygen atoms in total. The predicted octanol–water partition coefficient (Wildman–Crippen LogP) is 0.0370. The van der Waals surface area contributed by atoms with Crippen molar-refractivity contribution in [3.8, 4) is 5.75 Å². The molecule has 0 bridgehead atoms. The molecular weight excluding hydrogens is 324 g/mol. The number of benzene rings is 1. The minimum absolute atomic E-state index is 0.0951. The number of rotatable bonds is 6. The molecule has 132 valence electrons. The molecule has 1 saturated heterocycles. The van der Waals surface area contributed by atoms with E-state index in [0.717, 1.165) is 12.8 Å². The Kier molecular flexibility index (Phi) is 5.55. The molecule has 0 radical (unpaired) electrons. The molecule has 0 saturated carbocycles. The van der Waals surface area contributed by atoms with Crippen molar-refractivity contribution in [3.63, 3.8) is 0 Å². The number of carbonyl (C=O) groups excluding carboxylic acids is 2. The standard InChI is InChI=1S/C16H20N6O3/c23-15(18-13-8-4-5-9-17-16(13)24)10-22-20-14(19-21-22)11-25-12-6-2-1-3-7-12/h1-3,6-7,13H,4-5,8-11H2,(H,17,24)(H,18,23)/t13-/m1/s1. The van der Waals surface area contributed by atoms with E-state index in [1.165, 1.54) is 4.80 Å². The van der Waals surface area contributed by atoms with Crippen molar-refractivity contribution >= 4 is 11.8 Å². The first kappa shape index (κ1) is 16.9. The molecule has 1 aromatic carbocycles. The summed E-state index contributed by atoms with van der Waals surface area (Å²) >= 11 is 0. The third kappa shape index (κ3) is 5.00. The number of carbonyl (C=O) groups is 2. The highest BCUT2D eigenvalue weighted by Crippen LogP contribution is 2.09. The van der Waals surface area contributed by atoms with Gasteiger partial charge in [-0.25, -0.2) is 0 Å². The Labute approximate surface area is 144 Å². The lowest BCUT2D eigenvalue weighted by Crippen LogP contribution is -2.46. The molecule has 1 aromatic heterocycles. The lowest BCUT2D eigenvalue weighted by Gasteiger charge is -2.14. The van der Waals surface area contributed by atoms with Crippen molar-refractivity contribution in [3.05, 3.63) is 36.2 Å².